The molecule has 0 aliphatic heterocycles. The third-order valence-corrected chi connectivity index (χ3v) is 5.27. The summed E-state index contributed by atoms with van der Waals surface area (Å²) in [7, 11) is 0. The van der Waals surface area contributed by atoms with Gasteiger partial charge in [-0.25, -0.2) is 0 Å². The van der Waals surface area contributed by atoms with Gasteiger partial charge < -0.3 is 5.11 Å². The molecule has 3 nitrogen and oxygen atoms in total. The van der Waals surface area contributed by atoms with E-state index in [1.807, 2.05) is 12.3 Å². The van der Waals surface area contributed by atoms with Crippen LogP contribution in [0.2, 0.25) is 0 Å². The fraction of sp³-hybridized carbons (Fsp3) is 0.647. The van der Waals surface area contributed by atoms with E-state index < -0.39 is 5.97 Å². The number of carboxylic acids is 1. The Hall–Kier alpha value is -1.38. The summed E-state index contributed by atoms with van der Waals surface area (Å²) >= 11 is 0. The Bertz CT molecular complexity index is 523. The molecule has 1 fully saturated rings. The fourth-order valence-electron chi connectivity index (χ4n) is 4.23. The summed E-state index contributed by atoms with van der Waals surface area (Å²) in [6, 6.07) is 4.13. The first-order valence-corrected chi connectivity index (χ1v) is 7.64. The summed E-state index contributed by atoms with van der Waals surface area (Å²) < 4.78 is 0. The molecule has 3 unspecified atom stereocenters. The number of carbonyl (C=O) groups is 1. The van der Waals surface area contributed by atoms with Gasteiger partial charge in [-0.3, -0.25) is 9.78 Å². The van der Waals surface area contributed by atoms with Crippen molar-refractivity contribution in [2.45, 2.75) is 51.9 Å². The standard InChI is InChI=1S/C17H23NO2/c1-17(2)8-7-13(16(19)20)14(10-17)12-6-5-11-4-3-9-18-15(11)12/h3-4,9,12-14H,5-8,10H2,1-2H3,(H,19,20). The van der Waals surface area contributed by atoms with Crippen molar-refractivity contribution in [3.05, 3.63) is 29.6 Å². The molecule has 1 aromatic heterocycles. The number of hydrogen-bond donors (Lipinski definition) is 1. The van der Waals surface area contributed by atoms with Crippen molar-refractivity contribution < 1.29 is 9.90 Å². The lowest BCUT2D eigenvalue weighted by atomic mass is 9.63. The molecular weight excluding hydrogens is 250 g/mol. The van der Waals surface area contributed by atoms with Crippen LogP contribution in [0.25, 0.3) is 0 Å². The summed E-state index contributed by atoms with van der Waals surface area (Å²) in [5, 5.41) is 9.57. The molecule has 0 spiro atoms. The van der Waals surface area contributed by atoms with Gasteiger partial charge >= 0.3 is 5.97 Å². The van der Waals surface area contributed by atoms with Gasteiger partial charge in [-0.15, -0.1) is 0 Å². The fourth-order valence-corrected chi connectivity index (χ4v) is 4.23. The van der Waals surface area contributed by atoms with Crippen LogP contribution in [0.1, 0.15) is 56.7 Å². The van der Waals surface area contributed by atoms with Gasteiger partial charge in [0.15, 0.2) is 0 Å². The highest BCUT2D eigenvalue weighted by Crippen LogP contribution is 2.50. The van der Waals surface area contributed by atoms with E-state index >= 15 is 0 Å². The van der Waals surface area contributed by atoms with Gasteiger partial charge in [0.2, 0.25) is 0 Å². The second kappa shape index (κ2) is 4.87. The number of rotatable bonds is 2. The zero-order chi connectivity index (χ0) is 14.3. The molecule has 2 aliphatic carbocycles. The van der Waals surface area contributed by atoms with Gasteiger partial charge in [-0.05, 0) is 55.1 Å². The predicted molar refractivity (Wildman–Crippen MR) is 77.5 cm³/mol. The minimum absolute atomic E-state index is 0.194. The molecule has 0 saturated heterocycles. The maximum atomic E-state index is 11.6. The Morgan fingerprint density at radius 2 is 2.20 bits per heavy atom. The average Bonchev–Trinajstić information content (AvgIpc) is 2.80. The van der Waals surface area contributed by atoms with Crippen LogP contribution in [0.4, 0.5) is 0 Å². The monoisotopic (exact) mass is 273 g/mol. The van der Waals surface area contributed by atoms with Crippen LogP contribution < -0.4 is 0 Å². The smallest absolute Gasteiger partial charge is 0.306 e. The first-order chi connectivity index (χ1) is 9.48. The second-order valence-corrected chi connectivity index (χ2v) is 7.21. The van der Waals surface area contributed by atoms with Crippen LogP contribution in [0, 0.1) is 17.3 Å². The number of aliphatic carboxylic acids is 1. The first-order valence-electron chi connectivity index (χ1n) is 7.64. The van der Waals surface area contributed by atoms with Crippen LogP contribution in [0.15, 0.2) is 18.3 Å². The first kappa shape index (κ1) is 13.6. The van der Waals surface area contributed by atoms with E-state index in [-0.39, 0.29) is 17.3 Å². The summed E-state index contributed by atoms with van der Waals surface area (Å²) in [5.74, 6) is -0.227. The molecule has 1 N–H and O–H groups in total. The minimum Gasteiger partial charge on any atom is -0.481 e. The highest BCUT2D eigenvalue weighted by Gasteiger charge is 2.44. The van der Waals surface area contributed by atoms with Gasteiger partial charge in [0, 0.05) is 17.8 Å². The second-order valence-electron chi connectivity index (χ2n) is 7.21. The SMILES string of the molecule is CC1(C)CCC(C(=O)O)C(C2CCc3cccnc32)C1. The molecule has 3 heteroatoms. The van der Waals surface area contributed by atoms with E-state index in [1.165, 1.54) is 11.3 Å². The Labute approximate surface area is 120 Å². The zero-order valence-corrected chi connectivity index (χ0v) is 12.3. The highest BCUT2D eigenvalue weighted by atomic mass is 16.4. The molecular formula is C17H23NO2. The zero-order valence-electron chi connectivity index (χ0n) is 12.3. The van der Waals surface area contributed by atoms with Gasteiger partial charge in [-0.1, -0.05) is 19.9 Å². The van der Waals surface area contributed by atoms with E-state index in [2.05, 4.69) is 24.9 Å². The maximum Gasteiger partial charge on any atom is 0.306 e. The molecule has 3 rings (SSSR count). The minimum atomic E-state index is -0.616. The van der Waals surface area contributed by atoms with Crippen molar-refractivity contribution in [3.63, 3.8) is 0 Å². The quantitative estimate of drug-likeness (QED) is 0.895. The topological polar surface area (TPSA) is 50.2 Å². The average molecular weight is 273 g/mol. The van der Waals surface area contributed by atoms with Crippen molar-refractivity contribution in [1.29, 1.82) is 0 Å². The number of fused-ring (bicyclic) bond motifs is 1. The largest absolute Gasteiger partial charge is 0.481 e. The number of hydrogen-bond acceptors (Lipinski definition) is 2. The number of pyridine rings is 1. The summed E-state index contributed by atoms with van der Waals surface area (Å²) in [4.78, 5) is 16.2. The lowest BCUT2D eigenvalue weighted by molar-refractivity contribution is -0.146. The molecule has 1 saturated carbocycles. The van der Waals surface area contributed by atoms with E-state index in [1.54, 1.807) is 0 Å². The number of aryl methyl sites for hydroxylation is 1. The molecule has 1 heterocycles. The van der Waals surface area contributed by atoms with Crippen molar-refractivity contribution >= 4 is 5.97 Å². The maximum absolute atomic E-state index is 11.6. The third-order valence-electron chi connectivity index (χ3n) is 5.27. The summed E-state index contributed by atoms with van der Waals surface area (Å²) in [5.41, 5.74) is 2.75. The Morgan fingerprint density at radius 3 is 2.95 bits per heavy atom. The van der Waals surface area contributed by atoms with Crippen LogP contribution in [-0.4, -0.2) is 16.1 Å². The van der Waals surface area contributed by atoms with Gasteiger partial charge in [0.05, 0.1) is 5.92 Å². The lowest BCUT2D eigenvalue weighted by Gasteiger charge is -2.41. The Morgan fingerprint density at radius 1 is 1.40 bits per heavy atom. The van der Waals surface area contributed by atoms with E-state index in [4.69, 9.17) is 0 Å². The molecule has 1 aromatic rings. The predicted octanol–water partition coefficient (Wildman–Crippen LogP) is 3.64. The van der Waals surface area contributed by atoms with Gasteiger partial charge in [0.1, 0.15) is 0 Å². The Balaban J connectivity index is 1.92. The Kier molecular flexibility index (Phi) is 3.31. The van der Waals surface area contributed by atoms with E-state index in [0.717, 1.165) is 32.1 Å². The van der Waals surface area contributed by atoms with E-state index in [9.17, 15) is 9.90 Å². The van der Waals surface area contributed by atoms with Crippen molar-refractivity contribution in [2.75, 3.05) is 0 Å². The van der Waals surface area contributed by atoms with Crippen LogP contribution in [-0.2, 0) is 11.2 Å². The number of carboxylic acid groups (broad SMARTS) is 1. The normalized spacial score (nSPS) is 31.8. The number of nitrogens with zero attached hydrogens (tertiary/aromatic N) is 1. The van der Waals surface area contributed by atoms with Gasteiger partial charge in [-0.2, -0.15) is 0 Å². The summed E-state index contributed by atoms with van der Waals surface area (Å²) in [6.07, 6.45) is 6.80. The molecule has 20 heavy (non-hydrogen) atoms. The molecule has 0 bridgehead atoms. The molecule has 108 valence electrons. The highest BCUT2D eigenvalue weighted by molar-refractivity contribution is 5.70. The molecule has 3 atom stereocenters. The summed E-state index contributed by atoms with van der Waals surface area (Å²) in [6.45, 7) is 4.54. The van der Waals surface area contributed by atoms with Crippen molar-refractivity contribution in [1.82, 2.24) is 4.98 Å². The van der Waals surface area contributed by atoms with Crippen LogP contribution in [0.3, 0.4) is 0 Å². The lowest BCUT2D eigenvalue weighted by Crippen LogP contribution is -2.37. The molecule has 0 amide bonds. The third kappa shape index (κ3) is 2.34. The van der Waals surface area contributed by atoms with E-state index in [0.29, 0.717) is 5.92 Å². The van der Waals surface area contributed by atoms with Crippen LogP contribution in [0.5, 0.6) is 0 Å². The van der Waals surface area contributed by atoms with Crippen LogP contribution >= 0.6 is 0 Å². The van der Waals surface area contributed by atoms with Gasteiger partial charge in [0.25, 0.3) is 0 Å². The molecule has 0 radical (unpaired) electrons. The van der Waals surface area contributed by atoms with Crippen molar-refractivity contribution in [3.8, 4) is 0 Å². The van der Waals surface area contributed by atoms with Crippen molar-refractivity contribution in [2.24, 2.45) is 17.3 Å². The number of aromatic nitrogens is 1. The molecule has 0 aromatic carbocycles. The molecule has 2 aliphatic rings.